The summed E-state index contributed by atoms with van der Waals surface area (Å²) in [6.07, 6.45) is 3.85. The maximum absolute atomic E-state index is 4.59. The Labute approximate surface area is 107 Å². The third-order valence-corrected chi connectivity index (χ3v) is 4.02. The maximum Gasteiger partial charge on any atom is 0.194 e. The molecule has 94 valence electrons. The van der Waals surface area contributed by atoms with Crippen LogP contribution in [-0.4, -0.2) is 15.9 Å². The Hall–Kier alpha value is -0.870. The summed E-state index contributed by atoms with van der Waals surface area (Å²) >= 11 is 1.72. The Morgan fingerprint density at radius 3 is 2.94 bits per heavy atom. The van der Waals surface area contributed by atoms with Crippen molar-refractivity contribution in [3.63, 3.8) is 0 Å². The number of imidazole rings is 1. The van der Waals surface area contributed by atoms with Crippen LogP contribution >= 0.6 is 11.3 Å². The van der Waals surface area contributed by atoms with Crippen molar-refractivity contribution in [2.24, 2.45) is 0 Å². The van der Waals surface area contributed by atoms with Crippen molar-refractivity contribution >= 4 is 16.3 Å². The van der Waals surface area contributed by atoms with E-state index in [1.165, 1.54) is 30.7 Å². The number of rotatable bonds is 6. The van der Waals surface area contributed by atoms with Crippen molar-refractivity contribution < 1.29 is 0 Å². The minimum Gasteiger partial charge on any atom is -0.311 e. The monoisotopic (exact) mass is 251 g/mol. The van der Waals surface area contributed by atoms with Crippen LogP contribution in [0.3, 0.4) is 0 Å². The predicted molar refractivity (Wildman–Crippen MR) is 73.8 cm³/mol. The molecule has 0 saturated carbocycles. The number of nitrogens with zero attached hydrogens (tertiary/aromatic N) is 2. The fraction of sp³-hybridized carbons (Fsp3) is 0.615. The van der Waals surface area contributed by atoms with Crippen LogP contribution in [0.15, 0.2) is 5.38 Å². The SMILES string of the molecule is CCCCCNCc1c(C)nc2scc(C)n12. The molecular formula is C13H21N3S. The average Bonchev–Trinajstić information content (AvgIpc) is 2.80. The molecule has 0 fully saturated rings. The lowest BCUT2D eigenvalue weighted by molar-refractivity contribution is 0.607. The van der Waals surface area contributed by atoms with Crippen LogP contribution in [0.4, 0.5) is 0 Å². The van der Waals surface area contributed by atoms with Gasteiger partial charge in [-0.25, -0.2) is 4.98 Å². The molecular weight excluding hydrogens is 230 g/mol. The van der Waals surface area contributed by atoms with Crippen molar-refractivity contribution in [1.29, 1.82) is 0 Å². The lowest BCUT2D eigenvalue weighted by atomic mass is 10.2. The number of thiazole rings is 1. The van der Waals surface area contributed by atoms with Gasteiger partial charge in [-0.05, 0) is 26.8 Å². The third-order valence-electron chi connectivity index (χ3n) is 3.08. The molecule has 0 spiro atoms. The van der Waals surface area contributed by atoms with Crippen LogP contribution in [-0.2, 0) is 6.54 Å². The largest absolute Gasteiger partial charge is 0.311 e. The summed E-state index contributed by atoms with van der Waals surface area (Å²) in [5, 5.41) is 5.69. The van der Waals surface area contributed by atoms with Crippen LogP contribution in [0.2, 0.25) is 0 Å². The molecule has 0 aliphatic carbocycles. The molecule has 2 aromatic rings. The Kier molecular flexibility index (Phi) is 4.18. The minimum atomic E-state index is 0.925. The molecule has 2 heterocycles. The fourth-order valence-corrected chi connectivity index (χ4v) is 3.01. The molecule has 0 aromatic carbocycles. The van der Waals surface area contributed by atoms with Gasteiger partial charge in [-0.3, -0.25) is 4.40 Å². The summed E-state index contributed by atoms with van der Waals surface area (Å²) < 4.78 is 2.27. The van der Waals surface area contributed by atoms with E-state index < -0.39 is 0 Å². The maximum atomic E-state index is 4.59. The first kappa shape index (κ1) is 12.6. The zero-order valence-corrected chi connectivity index (χ0v) is 11.7. The predicted octanol–water partition coefficient (Wildman–Crippen LogP) is 3.29. The summed E-state index contributed by atoms with van der Waals surface area (Å²) in [6.45, 7) is 8.50. The van der Waals surface area contributed by atoms with E-state index in [-0.39, 0.29) is 0 Å². The molecule has 0 saturated heterocycles. The van der Waals surface area contributed by atoms with Gasteiger partial charge in [0, 0.05) is 17.6 Å². The van der Waals surface area contributed by atoms with Crippen LogP contribution in [0.1, 0.15) is 43.3 Å². The number of hydrogen-bond acceptors (Lipinski definition) is 3. The zero-order chi connectivity index (χ0) is 12.3. The van der Waals surface area contributed by atoms with E-state index in [4.69, 9.17) is 0 Å². The number of nitrogens with one attached hydrogen (secondary N) is 1. The summed E-state index contributed by atoms with van der Waals surface area (Å²) in [7, 11) is 0. The van der Waals surface area contributed by atoms with E-state index in [2.05, 4.69) is 40.9 Å². The first-order valence-corrected chi connectivity index (χ1v) is 7.24. The van der Waals surface area contributed by atoms with Crippen LogP contribution in [0.25, 0.3) is 4.96 Å². The topological polar surface area (TPSA) is 29.3 Å². The Bertz CT molecular complexity index is 484. The van der Waals surface area contributed by atoms with Crippen LogP contribution < -0.4 is 5.32 Å². The summed E-state index contributed by atoms with van der Waals surface area (Å²) in [5.41, 5.74) is 3.76. The second kappa shape index (κ2) is 5.65. The standard InChI is InChI=1S/C13H21N3S/c1-4-5-6-7-14-8-12-11(3)15-13-16(12)10(2)9-17-13/h9,14H,4-8H2,1-3H3. The smallest absolute Gasteiger partial charge is 0.194 e. The second-order valence-electron chi connectivity index (χ2n) is 4.52. The normalized spacial score (nSPS) is 11.5. The van der Waals surface area contributed by atoms with Gasteiger partial charge in [0.2, 0.25) is 0 Å². The number of fused-ring (bicyclic) bond motifs is 1. The summed E-state index contributed by atoms with van der Waals surface area (Å²) in [5.74, 6) is 0. The molecule has 0 aliphatic heterocycles. The van der Waals surface area contributed by atoms with Gasteiger partial charge in [0.15, 0.2) is 4.96 Å². The van der Waals surface area contributed by atoms with Gasteiger partial charge >= 0.3 is 0 Å². The molecule has 17 heavy (non-hydrogen) atoms. The van der Waals surface area contributed by atoms with Gasteiger partial charge in [0.05, 0.1) is 11.4 Å². The highest BCUT2D eigenvalue weighted by molar-refractivity contribution is 7.15. The van der Waals surface area contributed by atoms with Crippen molar-refractivity contribution in [3.8, 4) is 0 Å². The van der Waals surface area contributed by atoms with Gasteiger partial charge in [-0.15, -0.1) is 11.3 Å². The summed E-state index contributed by atoms with van der Waals surface area (Å²) in [6, 6.07) is 0. The Morgan fingerprint density at radius 1 is 1.35 bits per heavy atom. The van der Waals surface area contributed by atoms with Crippen molar-refractivity contribution in [1.82, 2.24) is 14.7 Å². The van der Waals surface area contributed by atoms with E-state index in [9.17, 15) is 0 Å². The highest BCUT2D eigenvalue weighted by Crippen LogP contribution is 2.20. The van der Waals surface area contributed by atoms with Crippen molar-refractivity contribution in [3.05, 3.63) is 22.5 Å². The van der Waals surface area contributed by atoms with E-state index >= 15 is 0 Å². The van der Waals surface area contributed by atoms with E-state index in [0.29, 0.717) is 0 Å². The first-order valence-electron chi connectivity index (χ1n) is 6.36. The fourth-order valence-electron chi connectivity index (χ4n) is 2.08. The van der Waals surface area contributed by atoms with Gasteiger partial charge in [-0.2, -0.15) is 0 Å². The Balaban J connectivity index is 2.02. The summed E-state index contributed by atoms with van der Waals surface area (Å²) in [4.78, 5) is 5.71. The molecule has 0 radical (unpaired) electrons. The molecule has 2 aromatic heterocycles. The Morgan fingerprint density at radius 2 is 2.18 bits per heavy atom. The van der Waals surface area contributed by atoms with E-state index in [0.717, 1.165) is 23.7 Å². The number of aromatic nitrogens is 2. The van der Waals surface area contributed by atoms with E-state index in [1.54, 1.807) is 11.3 Å². The molecule has 4 heteroatoms. The highest BCUT2D eigenvalue weighted by atomic mass is 32.1. The van der Waals surface area contributed by atoms with Crippen molar-refractivity contribution in [2.75, 3.05) is 6.54 Å². The van der Waals surface area contributed by atoms with Gasteiger partial charge in [-0.1, -0.05) is 19.8 Å². The second-order valence-corrected chi connectivity index (χ2v) is 5.36. The molecule has 0 bridgehead atoms. The van der Waals surface area contributed by atoms with Gasteiger partial charge in [0.1, 0.15) is 0 Å². The number of hydrogen-bond donors (Lipinski definition) is 1. The molecule has 2 rings (SSSR count). The average molecular weight is 251 g/mol. The molecule has 1 N–H and O–H groups in total. The molecule has 0 aliphatic rings. The van der Waals surface area contributed by atoms with Gasteiger partial charge in [0.25, 0.3) is 0 Å². The highest BCUT2D eigenvalue weighted by Gasteiger charge is 2.11. The van der Waals surface area contributed by atoms with Crippen LogP contribution in [0.5, 0.6) is 0 Å². The minimum absolute atomic E-state index is 0.925. The number of unbranched alkanes of at least 4 members (excludes halogenated alkanes) is 2. The van der Waals surface area contributed by atoms with Crippen LogP contribution in [0, 0.1) is 13.8 Å². The first-order chi connectivity index (χ1) is 8.24. The lowest BCUT2D eigenvalue weighted by Crippen LogP contribution is -2.16. The lowest BCUT2D eigenvalue weighted by Gasteiger charge is -2.05. The molecule has 0 atom stereocenters. The van der Waals surface area contributed by atoms with Crippen molar-refractivity contribution in [2.45, 2.75) is 46.6 Å². The quantitative estimate of drug-likeness (QED) is 0.798. The third kappa shape index (κ3) is 2.69. The zero-order valence-electron chi connectivity index (χ0n) is 10.9. The molecule has 0 amide bonds. The van der Waals surface area contributed by atoms with Gasteiger partial charge < -0.3 is 5.32 Å². The molecule has 0 unspecified atom stereocenters. The molecule has 3 nitrogen and oxygen atoms in total. The number of aryl methyl sites for hydroxylation is 2. The van der Waals surface area contributed by atoms with E-state index in [1.807, 2.05) is 0 Å².